The number of nitrogens with zero attached hydrogens (tertiary/aromatic N) is 2. The van der Waals surface area contributed by atoms with Crippen molar-refractivity contribution in [2.75, 3.05) is 5.43 Å². The summed E-state index contributed by atoms with van der Waals surface area (Å²) < 4.78 is 0. The zero-order chi connectivity index (χ0) is 13.7. The average Bonchev–Trinajstić information content (AvgIpc) is 2.23. The third-order valence-corrected chi connectivity index (χ3v) is 2.09. The summed E-state index contributed by atoms with van der Waals surface area (Å²) in [6.45, 7) is 6.61. The van der Waals surface area contributed by atoms with E-state index in [1.54, 1.807) is 6.92 Å². The SMILES string of the molecule is CC(=O)NC(C)C(=O)NNc1nc(C)cc(C)n1. The number of hydrogen-bond acceptors (Lipinski definition) is 5. The van der Waals surface area contributed by atoms with E-state index in [1.165, 1.54) is 6.92 Å². The van der Waals surface area contributed by atoms with Crippen LogP contribution in [0.25, 0.3) is 0 Å². The molecule has 1 rings (SSSR count). The number of carbonyl (C=O) groups is 2. The molecule has 1 unspecified atom stereocenters. The number of aryl methyl sites for hydroxylation is 2. The second-order valence-corrected chi connectivity index (χ2v) is 4.01. The lowest BCUT2D eigenvalue weighted by Crippen LogP contribution is -2.46. The third kappa shape index (κ3) is 4.36. The zero-order valence-corrected chi connectivity index (χ0v) is 10.9. The van der Waals surface area contributed by atoms with Crippen LogP contribution in [0.15, 0.2) is 6.07 Å². The molecule has 1 atom stereocenters. The third-order valence-electron chi connectivity index (χ3n) is 2.09. The highest BCUT2D eigenvalue weighted by molar-refractivity contribution is 5.86. The quantitative estimate of drug-likeness (QED) is 0.658. The molecule has 0 spiro atoms. The number of hydrazine groups is 1. The monoisotopic (exact) mass is 251 g/mol. The summed E-state index contributed by atoms with van der Waals surface area (Å²) in [5.74, 6) is -0.316. The topological polar surface area (TPSA) is 96.0 Å². The molecule has 7 nitrogen and oxygen atoms in total. The summed E-state index contributed by atoms with van der Waals surface area (Å²) in [6.07, 6.45) is 0. The first-order chi connectivity index (χ1) is 8.38. The molecule has 0 radical (unpaired) electrons. The smallest absolute Gasteiger partial charge is 0.260 e. The van der Waals surface area contributed by atoms with E-state index < -0.39 is 6.04 Å². The lowest BCUT2D eigenvalue weighted by atomic mass is 10.3. The second kappa shape index (κ2) is 5.95. The number of carbonyl (C=O) groups excluding carboxylic acids is 2. The molecule has 3 N–H and O–H groups in total. The Bertz CT molecular complexity index is 440. The zero-order valence-electron chi connectivity index (χ0n) is 10.9. The Kier molecular flexibility index (Phi) is 4.59. The van der Waals surface area contributed by atoms with Gasteiger partial charge in [0, 0.05) is 18.3 Å². The van der Waals surface area contributed by atoms with Gasteiger partial charge in [-0.15, -0.1) is 0 Å². The number of amides is 2. The van der Waals surface area contributed by atoms with Gasteiger partial charge in [0.2, 0.25) is 11.9 Å². The Morgan fingerprint density at radius 1 is 1.22 bits per heavy atom. The molecule has 0 saturated carbocycles. The number of hydrogen-bond donors (Lipinski definition) is 3. The standard InChI is InChI=1S/C11H17N5O2/c1-6-5-7(2)13-11(12-6)16-15-10(18)8(3)14-9(4)17/h5,8H,1-4H3,(H,14,17)(H,15,18)(H,12,13,16). The molecule has 2 amide bonds. The highest BCUT2D eigenvalue weighted by atomic mass is 16.2. The molecule has 1 aromatic rings. The summed E-state index contributed by atoms with van der Waals surface area (Å²) in [5.41, 5.74) is 6.64. The minimum absolute atomic E-state index is 0.264. The van der Waals surface area contributed by atoms with Crippen LogP contribution < -0.4 is 16.2 Å². The van der Waals surface area contributed by atoms with Gasteiger partial charge >= 0.3 is 0 Å². The van der Waals surface area contributed by atoms with Gasteiger partial charge in [0.05, 0.1) is 0 Å². The lowest BCUT2D eigenvalue weighted by Gasteiger charge is -2.13. The Morgan fingerprint density at radius 2 is 1.78 bits per heavy atom. The molecular weight excluding hydrogens is 234 g/mol. The minimum Gasteiger partial charge on any atom is -0.345 e. The predicted octanol–water partition coefficient (Wildman–Crippen LogP) is 0.0611. The molecule has 98 valence electrons. The normalized spacial score (nSPS) is 11.6. The Morgan fingerprint density at radius 3 is 2.28 bits per heavy atom. The van der Waals surface area contributed by atoms with E-state index in [4.69, 9.17) is 0 Å². The summed E-state index contributed by atoms with van der Waals surface area (Å²) >= 11 is 0. The van der Waals surface area contributed by atoms with Crippen molar-refractivity contribution in [2.45, 2.75) is 33.7 Å². The van der Waals surface area contributed by atoms with Gasteiger partial charge in [-0.1, -0.05) is 0 Å². The van der Waals surface area contributed by atoms with Crippen LogP contribution in [0.2, 0.25) is 0 Å². The Labute approximate surface area is 105 Å². The van der Waals surface area contributed by atoms with Gasteiger partial charge in [-0.3, -0.25) is 20.4 Å². The fraction of sp³-hybridized carbons (Fsp3) is 0.455. The van der Waals surface area contributed by atoms with E-state index in [-0.39, 0.29) is 11.8 Å². The summed E-state index contributed by atoms with van der Waals surface area (Å²) in [4.78, 5) is 30.6. The summed E-state index contributed by atoms with van der Waals surface area (Å²) in [6, 6.07) is 1.20. The summed E-state index contributed by atoms with van der Waals surface area (Å²) in [5, 5.41) is 2.47. The van der Waals surface area contributed by atoms with E-state index in [9.17, 15) is 9.59 Å². The van der Waals surface area contributed by atoms with E-state index in [0.29, 0.717) is 5.95 Å². The van der Waals surface area contributed by atoms with Gasteiger partial charge in [0.15, 0.2) is 0 Å². The van der Waals surface area contributed by atoms with Crippen molar-refractivity contribution in [3.05, 3.63) is 17.5 Å². The molecule has 0 saturated heterocycles. The van der Waals surface area contributed by atoms with Crippen LogP contribution in [-0.4, -0.2) is 27.8 Å². The molecule has 0 aromatic carbocycles. The average molecular weight is 251 g/mol. The van der Waals surface area contributed by atoms with Crippen LogP contribution in [-0.2, 0) is 9.59 Å². The van der Waals surface area contributed by atoms with Crippen molar-refractivity contribution in [3.63, 3.8) is 0 Å². The van der Waals surface area contributed by atoms with E-state index in [0.717, 1.165) is 11.4 Å². The van der Waals surface area contributed by atoms with Gasteiger partial charge in [0.1, 0.15) is 6.04 Å². The molecular formula is C11H17N5O2. The van der Waals surface area contributed by atoms with Crippen molar-refractivity contribution < 1.29 is 9.59 Å². The highest BCUT2D eigenvalue weighted by Crippen LogP contribution is 2.02. The van der Waals surface area contributed by atoms with Crippen molar-refractivity contribution in [1.29, 1.82) is 0 Å². The second-order valence-electron chi connectivity index (χ2n) is 4.01. The molecule has 7 heteroatoms. The largest absolute Gasteiger partial charge is 0.345 e. The number of rotatable bonds is 4. The first-order valence-corrected chi connectivity index (χ1v) is 5.53. The first-order valence-electron chi connectivity index (χ1n) is 5.53. The molecule has 0 aliphatic rings. The Hall–Kier alpha value is -2.18. The fourth-order valence-corrected chi connectivity index (χ4v) is 1.38. The maximum Gasteiger partial charge on any atom is 0.260 e. The van der Waals surface area contributed by atoms with Crippen LogP contribution in [0.3, 0.4) is 0 Å². The van der Waals surface area contributed by atoms with Crippen LogP contribution in [0.1, 0.15) is 25.2 Å². The van der Waals surface area contributed by atoms with E-state index >= 15 is 0 Å². The lowest BCUT2D eigenvalue weighted by molar-refractivity contribution is -0.127. The van der Waals surface area contributed by atoms with Gasteiger partial charge in [-0.05, 0) is 26.8 Å². The Balaban J connectivity index is 2.54. The predicted molar refractivity (Wildman–Crippen MR) is 66.6 cm³/mol. The maximum absolute atomic E-state index is 11.6. The molecule has 0 bridgehead atoms. The van der Waals surface area contributed by atoms with Crippen molar-refractivity contribution in [3.8, 4) is 0 Å². The highest BCUT2D eigenvalue weighted by Gasteiger charge is 2.13. The molecule has 1 heterocycles. The number of nitrogens with one attached hydrogen (secondary N) is 3. The van der Waals surface area contributed by atoms with Gasteiger partial charge in [-0.25, -0.2) is 9.97 Å². The minimum atomic E-state index is -0.624. The molecule has 18 heavy (non-hydrogen) atoms. The van der Waals surface area contributed by atoms with Crippen LogP contribution >= 0.6 is 0 Å². The van der Waals surface area contributed by atoms with E-state index in [2.05, 4.69) is 26.1 Å². The molecule has 0 fully saturated rings. The van der Waals surface area contributed by atoms with Gasteiger partial charge in [-0.2, -0.15) is 0 Å². The number of aromatic nitrogens is 2. The van der Waals surface area contributed by atoms with Crippen LogP contribution in [0.4, 0.5) is 5.95 Å². The molecule has 1 aromatic heterocycles. The van der Waals surface area contributed by atoms with E-state index in [1.807, 2.05) is 19.9 Å². The van der Waals surface area contributed by atoms with Crippen LogP contribution in [0, 0.1) is 13.8 Å². The molecule has 0 aliphatic carbocycles. The fourth-order valence-electron chi connectivity index (χ4n) is 1.38. The molecule has 0 aliphatic heterocycles. The van der Waals surface area contributed by atoms with Gasteiger partial charge in [0.25, 0.3) is 5.91 Å². The number of anilines is 1. The summed E-state index contributed by atoms with van der Waals surface area (Å²) in [7, 11) is 0. The first kappa shape index (κ1) is 13.9. The van der Waals surface area contributed by atoms with Gasteiger partial charge < -0.3 is 5.32 Å². The van der Waals surface area contributed by atoms with Crippen molar-refractivity contribution >= 4 is 17.8 Å². The maximum atomic E-state index is 11.6. The van der Waals surface area contributed by atoms with Crippen molar-refractivity contribution in [2.24, 2.45) is 0 Å². The van der Waals surface area contributed by atoms with Crippen molar-refractivity contribution in [1.82, 2.24) is 20.7 Å². The van der Waals surface area contributed by atoms with Crippen LogP contribution in [0.5, 0.6) is 0 Å².